The smallest absolute Gasteiger partial charge is 0.0147 e. The average molecular weight is 176 g/mol. The van der Waals surface area contributed by atoms with E-state index < -0.39 is 0 Å². The first-order valence-corrected chi connectivity index (χ1v) is 5.18. The minimum atomic E-state index is 0.630. The van der Waals surface area contributed by atoms with Crippen molar-refractivity contribution >= 4 is 17.3 Å². The van der Waals surface area contributed by atoms with Gasteiger partial charge in [0.05, 0.1) is 0 Å². The summed E-state index contributed by atoms with van der Waals surface area (Å²) in [6, 6.07) is 8.52. The molecule has 0 radical (unpaired) electrons. The Hall–Kier alpha value is -0.690. The molecule has 0 aromatic heterocycles. The van der Waals surface area contributed by atoms with Crippen molar-refractivity contribution in [3.63, 3.8) is 0 Å². The van der Waals surface area contributed by atoms with E-state index in [4.69, 9.17) is 0 Å². The lowest BCUT2D eigenvalue weighted by Gasteiger charge is -2.23. The summed E-state index contributed by atoms with van der Waals surface area (Å²) >= 11 is 1.94. The molecular formula is C11H12S. The van der Waals surface area contributed by atoms with Gasteiger partial charge in [0.15, 0.2) is 0 Å². The molecule has 0 bridgehead atoms. The maximum atomic E-state index is 4.12. The van der Waals surface area contributed by atoms with Crippen LogP contribution in [0.2, 0.25) is 0 Å². The van der Waals surface area contributed by atoms with E-state index in [1.54, 1.807) is 0 Å². The summed E-state index contributed by atoms with van der Waals surface area (Å²) < 4.78 is 0. The minimum absolute atomic E-state index is 0.630. The molecule has 1 aromatic carbocycles. The van der Waals surface area contributed by atoms with Crippen molar-refractivity contribution in [2.45, 2.75) is 11.8 Å². The molecule has 2 rings (SSSR count). The maximum Gasteiger partial charge on any atom is 0.0147 e. The molecule has 0 fully saturated rings. The topological polar surface area (TPSA) is 0 Å². The van der Waals surface area contributed by atoms with Gasteiger partial charge in [0.25, 0.3) is 0 Å². The molecule has 0 unspecified atom stereocenters. The first-order chi connectivity index (χ1) is 5.79. The quantitative estimate of drug-likeness (QED) is 0.583. The van der Waals surface area contributed by atoms with Crippen molar-refractivity contribution in [1.29, 1.82) is 0 Å². The summed E-state index contributed by atoms with van der Waals surface area (Å²) in [6.45, 7) is 6.36. The van der Waals surface area contributed by atoms with Gasteiger partial charge in [0, 0.05) is 10.6 Å². The predicted octanol–water partition coefficient (Wildman–Crippen LogP) is 3.44. The number of allylic oxidation sites excluding steroid dienone is 1. The minimum Gasteiger partial charge on any atom is -0.125 e. The number of hydrogen-bond acceptors (Lipinski definition) is 1. The zero-order valence-electron chi connectivity index (χ0n) is 7.21. The van der Waals surface area contributed by atoms with Crippen LogP contribution in [0.15, 0.2) is 35.7 Å². The Morgan fingerprint density at radius 2 is 2.17 bits per heavy atom. The fourth-order valence-corrected chi connectivity index (χ4v) is 2.60. The Morgan fingerprint density at radius 3 is 3.00 bits per heavy atom. The Balaban J connectivity index is 2.49. The predicted molar refractivity (Wildman–Crippen MR) is 55.4 cm³/mol. The summed E-state index contributed by atoms with van der Waals surface area (Å²) in [5.41, 5.74) is 2.64. The zero-order valence-corrected chi connectivity index (χ0v) is 8.03. The van der Waals surface area contributed by atoms with Crippen LogP contribution in [-0.2, 0) is 0 Å². The van der Waals surface area contributed by atoms with Crippen molar-refractivity contribution in [3.8, 4) is 0 Å². The largest absolute Gasteiger partial charge is 0.125 e. The lowest BCUT2D eigenvalue weighted by molar-refractivity contribution is 0.858. The molecule has 0 amide bonds. The normalized spacial score (nSPS) is 22.1. The van der Waals surface area contributed by atoms with Gasteiger partial charge in [0.1, 0.15) is 0 Å². The zero-order chi connectivity index (χ0) is 8.55. The van der Waals surface area contributed by atoms with Gasteiger partial charge in [-0.2, -0.15) is 0 Å². The van der Waals surface area contributed by atoms with Gasteiger partial charge in [-0.15, -0.1) is 11.8 Å². The van der Waals surface area contributed by atoms with Gasteiger partial charge < -0.3 is 0 Å². The van der Waals surface area contributed by atoms with Crippen LogP contribution in [0.5, 0.6) is 0 Å². The second kappa shape index (κ2) is 2.98. The standard InChI is InChI=1S/C11H12S/c1-8-7-12-11-6-4-3-5-10(11)9(8)2/h3-6,8H,2,7H2,1H3/t8-/m0/s1. The van der Waals surface area contributed by atoms with E-state index in [0.29, 0.717) is 5.92 Å². The van der Waals surface area contributed by atoms with Crippen molar-refractivity contribution in [2.75, 3.05) is 5.75 Å². The van der Waals surface area contributed by atoms with E-state index in [1.807, 2.05) is 11.8 Å². The number of benzene rings is 1. The fourth-order valence-electron chi connectivity index (χ4n) is 1.44. The summed E-state index contributed by atoms with van der Waals surface area (Å²) in [6.07, 6.45) is 0. The molecule has 1 aromatic rings. The van der Waals surface area contributed by atoms with E-state index in [9.17, 15) is 0 Å². The molecule has 0 aliphatic carbocycles. The van der Waals surface area contributed by atoms with Crippen LogP contribution in [0.4, 0.5) is 0 Å². The molecule has 1 heterocycles. The summed E-state index contributed by atoms with van der Waals surface area (Å²) in [4.78, 5) is 1.39. The molecule has 0 N–H and O–H groups in total. The fraction of sp³-hybridized carbons (Fsp3) is 0.273. The van der Waals surface area contributed by atoms with Crippen LogP contribution in [0.25, 0.3) is 5.57 Å². The van der Waals surface area contributed by atoms with Crippen molar-refractivity contribution in [1.82, 2.24) is 0 Å². The number of rotatable bonds is 0. The van der Waals surface area contributed by atoms with Gasteiger partial charge in [-0.25, -0.2) is 0 Å². The SMILES string of the molecule is C=C1c2ccccc2SC[C@@H]1C. The number of fused-ring (bicyclic) bond motifs is 1. The highest BCUT2D eigenvalue weighted by Crippen LogP contribution is 2.38. The van der Waals surface area contributed by atoms with Gasteiger partial charge in [-0.1, -0.05) is 31.7 Å². The average Bonchev–Trinajstić information content (AvgIpc) is 2.12. The molecular weight excluding hydrogens is 164 g/mol. The number of thioether (sulfide) groups is 1. The molecule has 1 aliphatic heterocycles. The van der Waals surface area contributed by atoms with Crippen LogP contribution in [0, 0.1) is 5.92 Å². The second-order valence-corrected chi connectivity index (χ2v) is 4.30. The lowest BCUT2D eigenvalue weighted by Crippen LogP contribution is -2.07. The lowest BCUT2D eigenvalue weighted by atomic mass is 9.96. The van der Waals surface area contributed by atoms with Gasteiger partial charge in [-0.3, -0.25) is 0 Å². The van der Waals surface area contributed by atoms with E-state index in [2.05, 4.69) is 37.8 Å². The van der Waals surface area contributed by atoms with Crippen LogP contribution < -0.4 is 0 Å². The van der Waals surface area contributed by atoms with Crippen molar-refractivity contribution in [2.24, 2.45) is 5.92 Å². The molecule has 0 nitrogen and oxygen atoms in total. The Bertz CT molecular complexity index is 315. The van der Waals surface area contributed by atoms with Gasteiger partial charge >= 0.3 is 0 Å². The highest BCUT2D eigenvalue weighted by atomic mass is 32.2. The molecule has 1 heteroatoms. The van der Waals surface area contributed by atoms with Crippen LogP contribution in [0.3, 0.4) is 0 Å². The Kier molecular flexibility index (Phi) is 1.97. The van der Waals surface area contributed by atoms with Crippen LogP contribution in [-0.4, -0.2) is 5.75 Å². The number of hydrogen-bond donors (Lipinski definition) is 0. The molecule has 1 aliphatic rings. The van der Waals surface area contributed by atoms with Crippen molar-refractivity contribution in [3.05, 3.63) is 36.4 Å². The highest BCUT2D eigenvalue weighted by Gasteiger charge is 2.18. The summed E-state index contributed by atoms with van der Waals surface area (Å²) in [7, 11) is 0. The Morgan fingerprint density at radius 1 is 1.42 bits per heavy atom. The molecule has 0 saturated heterocycles. The maximum absolute atomic E-state index is 4.12. The van der Waals surface area contributed by atoms with E-state index >= 15 is 0 Å². The van der Waals surface area contributed by atoms with E-state index in [-0.39, 0.29) is 0 Å². The van der Waals surface area contributed by atoms with Crippen molar-refractivity contribution < 1.29 is 0 Å². The monoisotopic (exact) mass is 176 g/mol. The third kappa shape index (κ3) is 1.18. The highest BCUT2D eigenvalue weighted by molar-refractivity contribution is 7.99. The molecule has 12 heavy (non-hydrogen) atoms. The van der Waals surface area contributed by atoms with E-state index in [0.717, 1.165) is 0 Å². The third-order valence-electron chi connectivity index (χ3n) is 2.32. The first-order valence-electron chi connectivity index (χ1n) is 4.20. The summed E-state index contributed by atoms with van der Waals surface area (Å²) in [5, 5.41) is 0. The first kappa shape index (κ1) is 7.93. The second-order valence-electron chi connectivity index (χ2n) is 3.23. The molecule has 62 valence electrons. The molecule has 1 atom stereocenters. The molecule has 0 saturated carbocycles. The van der Waals surface area contributed by atoms with Gasteiger partial charge in [-0.05, 0) is 23.1 Å². The van der Waals surface area contributed by atoms with Crippen LogP contribution >= 0.6 is 11.8 Å². The Labute approximate surface area is 77.7 Å². The third-order valence-corrected chi connectivity index (χ3v) is 3.65. The van der Waals surface area contributed by atoms with Gasteiger partial charge in [0.2, 0.25) is 0 Å². The van der Waals surface area contributed by atoms with Crippen LogP contribution in [0.1, 0.15) is 12.5 Å². The van der Waals surface area contributed by atoms with E-state index in [1.165, 1.54) is 21.8 Å². The molecule has 0 spiro atoms. The summed E-state index contributed by atoms with van der Waals surface area (Å²) in [5.74, 6) is 1.81.